The van der Waals surface area contributed by atoms with E-state index in [1.165, 1.54) is 12.7 Å². The number of phenols is 1. The number of phenolic OH excluding ortho intramolecular Hbond substituents is 1. The molecule has 1 saturated carbocycles. The first-order valence-electron chi connectivity index (χ1n) is 23.4. The second kappa shape index (κ2) is 21.4. The highest BCUT2D eigenvalue weighted by Crippen LogP contribution is 2.46. The van der Waals surface area contributed by atoms with Crippen molar-refractivity contribution in [3.63, 3.8) is 0 Å². The number of aliphatic hydroxyl groups is 2. The summed E-state index contributed by atoms with van der Waals surface area (Å²) in [5.41, 5.74) is 14.0. The smallest absolute Gasteiger partial charge is 0.173 e. The molecule has 64 heavy (non-hydrogen) atoms. The van der Waals surface area contributed by atoms with E-state index in [0.717, 1.165) is 52.8 Å². The van der Waals surface area contributed by atoms with Gasteiger partial charge in [-0.3, -0.25) is 9.59 Å². The number of rotatable bonds is 14. The molecule has 9 heteroatoms. The number of aromatic amines is 1. The number of nitrogens with two attached hydrogens (primary N) is 1. The third-order valence-corrected chi connectivity index (χ3v) is 14.0. The van der Waals surface area contributed by atoms with Crippen LogP contribution in [0.4, 0.5) is 0 Å². The van der Waals surface area contributed by atoms with E-state index in [0.29, 0.717) is 68.1 Å². The van der Waals surface area contributed by atoms with Gasteiger partial charge in [0.25, 0.3) is 0 Å². The number of allylic oxidation sites excluding steroid dienone is 2. The summed E-state index contributed by atoms with van der Waals surface area (Å²) in [7, 11) is 1.52. The minimum Gasteiger partial charge on any atom is -0.504 e. The number of carbonyl (C=O) groups excluding carboxylic acids is 2. The van der Waals surface area contributed by atoms with Crippen LogP contribution < -0.4 is 15.8 Å². The molecule has 3 aliphatic rings. The van der Waals surface area contributed by atoms with E-state index in [4.69, 9.17) is 10.5 Å². The molecule has 7 N–H and O–H groups in total. The summed E-state index contributed by atoms with van der Waals surface area (Å²) >= 11 is 0. The van der Waals surface area contributed by atoms with Crippen LogP contribution >= 0.6 is 0 Å². The van der Waals surface area contributed by atoms with Crippen molar-refractivity contribution in [2.75, 3.05) is 13.7 Å². The largest absolute Gasteiger partial charge is 0.504 e. The van der Waals surface area contributed by atoms with E-state index in [1.807, 2.05) is 60.8 Å². The first-order valence-corrected chi connectivity index (χ1v) is 23.4. The maximum atomic E-state index is 14.9. The highest BCUT2D eigenvalue weighted by Gasteiger charge is 2.43. The van der Waals surface area contributed by atoms with E-state index in [1.54, 1.807) is 6.07 Å². The number of aromatic nitrogens is 1. The SMILES string of the molecule is CCCC(C(O)Cc1cc(C(C)C)c[nH]1)C1CC(CC2=CCNC(N)=C2)CC2C#CC(c3ccccc3)c3c(cc(OC)c(O)c3CCc3ccccc3)CCC(=O)C(O)C(=O)C2C1. The van der Waals surface area contributed by atoms with Crippen LogP contribution in [-0.4, -0.2) is 57.7 Å². The zero-order chi connectivity index (χ0) is 45.3. The lowest BCUT2D eigenvalue weighted by Crippen LogP contribution is -2.40. The molecule has 4 aromatic rings. The second-order valence-electron chi connectivity index (χ2n) is 18.7. The summed E-state index contributed by atoms with van der Waals surface area (Å²) in [5.74, 6) is 5.80. The Kier molecular flexibility index (Phi) is 15.5. The summed E-state index contributed by atoms with van der Waals surface area (Å²) < 4.78 is 5.74. The quantitative estimate of drug-likeness (QED) is 0.0544. The molecule has 0 saturated heterocycles. The van der Waals surface area contributed by atoms with E-state index in [2.05, 4.69) is 67.2 Å². The first-order chi connectivity index (χ1) is 30.9. The van der Waals surface area contributed by atoms with E-state index < -0.39 is 41.5 Å². The number of ether oxygens (including phenoxy) is 1. The standard InChI is InChI=1S/C55H67N3O6/c1-5-12-44(49(60)32-43-29-42(33-58-43)34(2)3)41-27-37(25-36-23-24-57-51(56)28-36)26-39-18-21-45(38-15-10-7-11-16-38)52-40(19-22-48(59)55(63)54(62)47(39)30-41)31-50(64-4)53(61)46(52)20-17-35-13-8-6-9-14-35/h6-11,13-16,23,28-29,31,33-34,37,39,41,44-45,47,49,55,57-58,60-61,63H,5,12,17,19-20,22,24-27,30,32,56H2,1-4H3. The maximum absolute atomic E-state index is 14.9. The minimum absolute atomic E-state index is 0.0478. The molecule has 2 aliphatic carbocycles. The summed E-state index contributed by atoms with van der Waals surface area (Å²) in [6.45, 7) is 7.07. The van der Waals surface area contributed by atoms with Crippen molar-refractivity contribution in [2.24, 2.45) is 35.3 Å². The van der Waals surface area contributed by atoms with Gasteiger partial charge in [0.1, 0.15) is 0 Å². The van der Waals surface area contributed by atoms with Gasteiger partial charge in [0, 0.05) is 48.7 Å². The van der Waals surface area contributed by atoms with Gasteiger partial charge < -0.3 is 36.1 Å². The average Bonchev–Trinajstić information content (AvgIpc) is 3.69. The van der Waals surface area contributed by atoms with Crippen LogP contribution in [0.25, 0.3) is 0 Å². The third kappa shape index (κ3) is 11.0. The number of aromatic hydroxyl groups is 1. The molecule has 3 aromatic carbocycles. The monoisotopic (exact) mass is 866 g/mol. The zero-order valence-electron chi connectivity index (χ0n) is 38.0. The Bertz CT molecular complexity index is 2350. The number of H-pyrrole nitrogens is 1. The lowest BCUT2D eigenvalue weighted by Gasteiger charge is -2.33. The molecular formula is C55H67N3O6. The number of carbonyl (C=O) groups is 2. The molecule has 0 amide bonds. The predicted molar refractivity (Wildman–Crippen MR) is 253 cm³/mol. The van der Waals surface area contributed by atoms with E-state index in [9.17, 15) is 24.9 Å². The topological polar surface area (TPSA) is 158 Å². The van der Waals surface area contributed by atoms with Crippen molar-refractivity contribution < 1.29 is 29.6 Å². The van der Waals surface area contributed by atoms with Gasteiger partial charge in [0.15, 0.2) is 29.2 Å². The molecular weight excluding hydrogens is 799 g/mol. The number of aliphatic hydroxyl groups excluding tert-OH is 2. The Morgan fingerprint density at radius 2 is 1.70 bits per heavy atom. The number of methoxy groups -OCH3 is 1. The first kappa shape index (κ1) is 46.4. The summed E-state index contributed by atoms with van der Waals surface area (Å²) in [6.07, 6.45) is 9.46. The molecule has 2 heterocycles. The van der Waals surface area contributed by atoms with Crippen LogP contribution in [0, 0.1) is 41.4 Å². The summed E-state index contributed by atoms with van der Waals surface area (Å²) in [5, 5.41) is 39.1. The molecule has 1 fully saturated rings. The predicted octanol–water partition coefficient (Wildman–Crippen LogP) is 8.61. The third-order valence-electron chi connectivity index (χ3n) is 14.0. The molecule has 0 radical (unpaired) electrons. The van der Waals surface area contributed by atoms with Crippen molar-refractivity contribution in [2.45, 2.75) is 115 Å². The number of hydrogen-bond donors (Lipinski definition) is 6. The molecule has 338 valence electrons. The minimum atomic E-state index is -1.81. The fourth-order valence-corrected chi connectivity index (χ4v) is 10.7. The molecule has 9 nitrogen and oxygen atoms in total. The van der Waals surface area contributed by atoms with Gasteiger partial charge in [-0.1, -0.05) is 106 Å². The lowest BCUT2D eigenvalue weighted by atomic mass is 9.73. The van der Waals surface area contributed by atoms with Crippen LogP contribution in [0.5, 0.6) is 11.5 Å². The van der Waals surface area contributed by atoms with Gasteiger partial charge in [0.05, 0.1) is 25.0 Å². The van der Waals surface area contributed by atoms with Gasteiger partial charge >= 0.3 is 0 Å². The van der Waals surface area contributed by atoms with Crippen molar-refractivity contribution in [1.82, 2.24) is 10.3 Å². The normalized spacial score (nSPS) is 23.7. The van der Waals surface area contributed by atoms with Gasteiger partial charge in [-0.05, 0) is 127 Å². The number of Topliss-reactive ketones (excluding diaryl/α,β-unsaturated/α-hetero) is 2. The molecule has 0 spiro atoms. The molecule has 1 aliphatic heterocycles. The highest BCUT2D eigenvalue weighted by molar-refractivity contribution is 6.06. The Morgan fingerprint density at radius 1 is 0.953 bits per heavy atom. The number of aryl methyl sites for hydroxylation is 2. The number of dihydropyridines is 1. The number of hydrogen-bond acceptors (Lipinski definition) is 8. The lowest BCUT2D eigenvalue weighted by molar-refractivity contribution is -0.142. The Labute approximate surface area is 379 Å². The van der Waals surface area contributed by atoms with Crippen molar-refractivity contribution >= 4 is 11.6 Å². The Hall–Kier alpha value is -5.56. The summed E-state index contributed by atoms with van der Waals surface area (Å²) in [4.78, 5) is 32.4. The van der Waals surface area contributed by atoms with Gasteiger partial charge in [0.2, 0.25) is 0 Å². The second-order valence-corrected chi connectivity index (χ2v) is 18.7. The van der Waals surface area contributed by atoms with Crippen LogP contribution in [0.1, 0.15) is 117 Å². The fourth-order valence-electron chi connectivity index (χ4n) is 10.7. The van der Waals surface area contributed by atoms with Crippen molar-refractivity contribution in [3.05, 3.63) is 142 Å². The fraction of sp³-hybridized carbons (Fsp3) is 0.455. The molecule has 1 aromatic heterocycles. The van der Waals surface area contributed by atoms with Crippen molar-refractivity contribution in [1.29, 1.82) is 0 Å². The molecule has 7 rings (SSSR count). The van der Waals surface area contributed by atoms with Crippen LogP contribution in [0.2, 0.25) is 0 Å². The van der Waals surface area contributed by atoms with E-state index in [-0.39, 0.29) is 36.3 Å². The Balaban J connectivity index is 1.36. The van der Waals surface area contributed by atoms with Gasteiger partial charge in [-0.15, -0.1) is 0 Å². The zero-order valence-corrected chi connectivity index (χ0v) is 38.0. The van der Waals surface area contributed by atoms with Crippen LogP contribution in [0.15, 0.2) is 103 Å². The van der Waals surface area contributed by atoms with Gasteiger partial charge in [-0.2, -0.15) is 0 Å². The number of ketones is 2. The van der Waals surface area contributed by atoms with E-state index >= 15 is 0 Å². The molecule has 8 unspecified atom stereocenters. The van der Waals surface area contributed by atoms with Crippen LogP contribution in [0.3, 0.4) is 0 Å². The average molecular weight is 866 g/mol. The Morgan fingerprint density at radius 3 is 2.39 bits per heavy atom. The van der Waals surface area contributed by atoms with Crippen molar-refractivity contribution in [3.8, 4) is 23.3 Å². The summed E-state index contributed by atoms with van der Waals surface area (Å²) in [6, 6.07) is 24.1. The number of nitrogens with one attached hydrogen (secondary N) is 2. The number of benzene rings is 3. The van der Waals surface area contributed by atoms with Gasteiger partial charge in [-0.25, -0.2) is 0 Å². The molecule has 8 atom stereocenters. The molecule has 0 bridgehead atoms. The maximum Gasteiger partial charge on any atom is 0.173 e. The highest BCUT2D eigenvalue weighted by atomic mass is 16.5. The number of fused-ring (bicyclic) bond motifs is 2. The van der Waals surface area contributed by atoms with Crippen LogP contribution in [-0.2, 0) is 35.3 Å².